The molecule has 0 saturated heterocycles. The lowest BCUT2D eigenvalue weighted by atomic mass is 10.2. The summed E-state index contributed by atoms with van der Waals surface area (Å²) >= 11 is 7.67. The maximum absolute atomic E-state index is 9.10. The van der Waals surface area contributed by atoms with Crippen molar-refractivity contribution in [3.05, 3.63) is 28.8 Å². The quantitative estimate of drug-likeness (QED) is 0.780. The number of halogens is 1. The van der Waals surface area contributed by atoms with Crippen LogP contribution in [0.5, 0.6) is 0 Å². The van der Waals surface area contributed by atoms with Gasteiger partial charge in [0.05, 0.1) is 6.61 Å². The number of rotatable bonds is 6. The first-order valence-electron chi connectivity index (χ1n) is 5.82. The van der Waals surface area contributed by atoms with Crippen LogP contribution in [0.4, 0.5) is 0 Å². The van der Waals surface area contributed by atoms with E-state index in [1.807, 2.05) is 25.1 Å². The number of benzene rings is 1. The van der Waals surface area contributed by atoms with E-state index in [1.54, 1.807) is 11.8 Å². The Morgan fingerprint density at radius 1 is 1.35 bits per heavy atom. The molecule has 1 atom stereocenters. The molecule has 2 nitrogen and oxygen atoms in total. The molecule has 0 heterocycles. The molecule has 0 spiro atoms. The van der Waals surface area contributed by atoms with Crippen molar-refractivity contribution in [2.24, 2.45) is 0 Å². The largest absolute Gasteiger partial charge is 0.395 e. The smallest absolute Gasteiger partial charge is 0.0550 e. The lowest BCUT2D eigenvalue weighted by Gasteiger charge is -2.15. The molecule has 0 saturated carbocycles. The second-order valence-corrected chi connectivity index (χ2v) is 6.32. The van der Waals surface area contributed by atoms with Gasteiger partial charge in [0.15, 0.2) is 0 Å². The number of aliphatic hydroxyl groups excluding tert-OH is 1. The van der Waals surface area contributed by atoms with E-state index in [2.05, 4.69) is 19.2 Å². The van der Waals surface area contributed by atoms with Crippen molar-refractivity contribution in [3.8, 4) is 0 Å². The van der Waals surface area contributed by atoms with Gasteiger partial charge in [0.1, 0.15) is 0 Å². The molecule has 0 fully saturated rings. The van der Waals surface area contributed by atoms with Gasteiger partial charge in [-0.2, -0.15) is 0 Å². The zero-order chi connectivity index (χ0) is 12.8. The summed E-state index contributed by atoms with van der Waals surface area (Å²) in [5.74, 6) is 0. The molecule has 1 aromatic rings. The van der Waals surface area contributed by atoms with Crippen LogP contribution in [0.25, 0.3) is 0 Å². The van der Waals surface area contributed by atoms with Crippen molar-refractivity contribution >= 4 is 23.4 Å². The summed E-state index contributed by atoms with van der Waals surface area (Å²) < 4.78 is 0. The number of nitrogens with one attached hydrogen (secondary N) is 1. The van der Waals surface area contributed by atoms with Crippen molar-refractivity contribution < 1.29 is 5.11 Å². The van der Waals surface area contributed by atoms with Gasteiger partial charge in [-0.1, -0.05) is 38.4 Å². The molecule has 2 N–H and O–H groups in total. The van der Waals surface area contributed by atoms with Gasteiger partial charge >= 0.3 is 0 Å². The lowest BCUT2D eigenvalue weighted by molar-refractivity contribution is 0.300. The number of aliphatic hydroxyl groups is 1. The molecule has 17 heavy (non-hydrogen) atoms. The van der Waals surface area contributed by atoms with Crippen LogP contribution >= 0.6 is 23.4 Å². The van der Waals surface area contributed by atoms with Crippen molar-refractivity contribution in [3.63, 3.8) is 0 Å². The molecule has 0 radical (unpaired) electrons. The summed E-state index contributed by atoms with van der Waals surface area (Å²) in [4.78, 5) is 1.15. The molecule has 1 aromatic carbocycles. The van der Waals surface area contributed by atoms with Gasteiger partial charge in [-0.15, -0.1) is 11.8 Å². The minimum atomic E-state index is 0.175. The molecule has 4 heteroatoms. The monoisotopic (exact) mass is 273 g/mol. The summed E-state index contributed by atoms with van der Waals surface area (Å²) in [6, 6.07) is 6.38. The molecule has 0 bridgehead atoms. The highest BCUT2D eigenvalue weighted by atomic mass is 35.5. The summed E-state index contributed by atoms with van der Waals surface area (Å²) in [6.45, 7) is 7.26. The fourth-order valence-electron chi connectivity index (χ4n) is 1.35. The van der Waals surface area contributed by atoms with Crippen LogP contribution in [0.3, 0.4) is 0 Å². The maximum atomic E-state index is 9.10. The summed E-state index contributed by atoms with van der Waals surface area (Å²) in [5.41, 5.74) is 1.23. The average Bonchev–Trinajstić information content (AvgIpc) is 2.27. The van der Waals surface area contributed by atoms with E-state index < -0.39 is 0 Å². The number of hydrogen-bond donors (Lipinski definition) is 2. The van der Waals surface area contributed by atoms with Crippen molar-refractivity contribution in [2.45, 2.75) is 43.5 Å². The van der Waals surface area contributed by atoms with Crippen LogP contribution < -0.4 is 5.32 Å². The van der Waals surface area contributed by atoms with E-state index in [9.17, 15) is 0 Å². The first-order valence-corrected chi connectivity index (χ1v) is 7.08. The van der Waals surface area contributed by atoms with E-state index >= 15 is 0 Å². The predicted octanol–water partition coefficient (Wildman–Crippen LogP) is 3.31. The molecule has 0 aliphatic heterocycles. The molecule has 0 aromatic heterocycles. The van der Waals surface area contributed by atoms with Gasteiger partial charge < -0.3 is 10.4 Å². The van der Waals surface area contributed by atoms with E-state index in [4.69, 9.17) is 16.7 Å². The van der Waals surface area contributed by atoms with Gasteiger partial charge in [0.2, 0.25) is 0 Å². The Morgan fingerprint density at radius 3 is 2.65 bits per heavy atom. The van der Waals surface area contributed by atoms with Crippen molar-refractivity contribution in [2.75, 3.05) is 6.61 Å². The van der Waals surface area contributed by atoms with Crippen molar-refractivity contribution in [1.82, 2.24) is 5.32 Å². The van der Waals surface area contributed by atoms with Crippen LogP contribution in [0.1, 0.15) is 26.3 Å². The second-order valence-electron chi connectivity index (χ2n) is 4.40. The fraction of sp³-hybridized carbons (Fsp3) is 0.538. The molecule has 1 rings (SSSR count). The Morgan fingerprint density at radius 2 is 2.06 bits per heavy atom. The first-order chi connectivity index (χ1) is 8.02. The van der Waals surface area contributed by atoms with Crippen molar-refractivity contribution in [1.29, 1.82) is 0 Å². The third-order valence-corrected chi connectivity index (χ3v) is 3.74. The predicted molar refractivity (Wildman–Crippen MR) is 75.8 cm³/mol. The second kappa shape index (κ2) is 7.27. The standard InChI is InChI=1S/C13H20ClNOS/c1-9(2)15-7-11-4-5-12(14)6-13(11)17-10(3)8-16/h4-6,9-10,15-16H,7-8H2,1-3H3. The SMILES string of the molecule is CC(C)NCc1ccc(Cl)cc1SC(C)CO. The molecular formula is C13H20ClNOS. The first kappa shape index (κ1) is 14.8. The number of hydrogen-bond acceptors (Lipinski definition) is 3. The van der Waals surface area contributed by atoms with Gasteiger partial charge in [-0.3, -0.25) is 0 Å². The Kier molecular flexibility index (Phi) is 6.34. The topological polar surface area (TPSA) is 32.3 Å². The summed E-state index contributed by atoms with van der Waals surface area (Å²) in [6.07, 6.45) is 0. The molecule has 96 valence electrons. The van der Waals surface area contributed by atoms with Crippen LogP contribution in [-0.4, -0.2) is 23.0 Å². The van der Waals surface area contributed by atoms with Crippen LogP contribution in [0.15, 0.2) is 23.1 Å². The van der Waals surface area contributed by atoms with E-state index in [0.717, 1.165) is 16.5 Å². The van der Waals surface area contributed by atoms with Crippen LogP contribution in [0, 0.1) is 0 Å². The van der Waals surface area contributed by atoms with Gasteiger partial charge in [0, 0.05) is 27.8 Å². The minimum absolute atomic E-state index is 0.175. The van der Waals surface area contributed by atoms with Crippen LogP contribution in [-0.2, 0) is 6.54 Å². The normalized spacial score (nSPS) is 13.1. The van der Waals surface area contributed by atoms with E-state index in [1.165, 1.54) is 5.56 Å². The zero-order valence-corrected chi connectivity index (χ0v) is 12.1. The molecular weight excluding hydrogens is 254 g/mol. The van der Waals surface area contributed by atoms with Gasteiger partial charge in [0.25, 0.3) is 0 Å². The molecule has 0 amide bonds. The summed E-state index contributed by atoms with van der Waals surface area (Å²) in [5, 5.41) is 13.4. The highest BCUT2D eigenvalue weighted by Gasteiger charge is 2.09. The third kappa shape index (κ3) is 5.30. The Labute approximate surface area is 113 Å². The Bertz CT molecular complexity index is 357. The summed E-state index contributed by atoms with van der Waals surface area (Å²) in [7, 11) is 0. The minimum Gasteiger partial charge on any atom is -0.395 e. The van der Waals surface area contributed by atoms with Gasteiger partial charge in [-0.25, -0.2) is 0 Å². The third-order valence-electron chi connectivity index (χ3n) is 2.32. The van der Waals surface area contributed by atoms with E-state index in [0.29, 0.717) is 6.04 Å². The van der Waals surface area contributed by atoms with Crippen LogP contribution in [0.2, 0.25) is 5.02 Å². The number of thioether (sulfide) groups is 1. The Balaban J connectivity index is 2.79. The molecule has 0 aliphatic carbocycles. The lowest BCUT2D eigenvalue weighted by Crippen LogP contribution is -2.22. The molecule has 0 aliphatic rings. The maximum Gasteiger partial charge on any atom is 0.0550 e. The zero-order valence-electron chi connectivity index (χ0n) is 10.5. The average molecular weight is 274 g/mol. The fourth-order valence-corrected chi connectivity index (χ4v) is 2.58. The highest BCUT2D eigenvalue weighted by molar-refractivity contribution is 8.00. The molecule has 1 unspecified atom stereocenters. The Hall–Kier alpha value is -0.220. The van der Waals surface area contributed by atoms with Gasteiger partial charge in [-0.05, 0) is 17.7 Å². The van der Waals surface area contributed by atoms with E-state index in [-0.39, 0.29) is 11.9 Å². The highest BCUT2D eigenvalue weighted by Crippen LogP contribution is 2.29.